The van der Waals surface area contributed by atoms with Crippen LogP contribution in [0.15, 0.2) is 12.1 Å². The molecular weight excluding hydrogens is 269 g/mol. The minimum Gasteiger partial charge on any atom is -0.393 e. The van der Waals surface area contributed by atoms with E-state index < -0.39 is 17.8 Å². The summed E-state index contributed by atoms with van der Waals surface area (Å²) in [6.07, 6.45) is -4.61. The van der Waals surface area contributed by atoms with Crippen LogP contribution in [-0.2, 0) is 6.18 Å². The van der Waals surface area contributed by atoms with Gasteiger partial charge in [0, 0.05) is 6.04 Å². The summed E-state index contributed by atoms with van der Waals surface area (Å²) < 4.78 is 37.6. The van der Waals surface area contributed by atoms with Crippen molar-refractivity contribution in [1.82, 2.24) is 4.98 Å². The maximum absolute atomic E-state index is 12.5. The Bertz CT molecular complexity index is 410. The quantitative estimate of drug-likeness (QED) is 0.833. The highest BCUT2D eigenvalue weighted by Gasteiger charge is 2.31. The molecule has 0 aliphatic heterocycles. The van der Waals surface area contributed by atoms with Crippen LogP contribution in [0.2, 0.25) is 5.15 Å². The van der Waals surface area contributed by atoms with Gasteiger partial charge in [0.05, 0.1) is 11.7 Å². The Morgan fingerprint density at radius 2 is 2.00 bits per heavy atom. The second kappa shape index (κ2) is 5.75. The van der Waals surface area contributed by atoms with Crippen LogP contribution in [-0.4, -0.2) is 22.2 Å². The molecule has 1 heterocycles. The number of hydrogen-bond donors (Lipinski definition) is 2. The third kappa shape index (κ3) is 4.70. The van der Waals surface area contributed by atoms with E-state index in [0.717, 1.165) is 12.1 Å². The average Bonchev–Trinajstić information content (AvgIpc) is 2.13. The summed E-state index contributed by atoms with van der Waals surface area (Å²) in [4.78, 5) is 3.77. The summed E-state index contributed by atoms with van der Waals surface area (Å²) in [5, 5.41) is 11.7. The maximum Gasteiger partial charge on any atom is 0.416 e. The Hall–Kier alpha value is -1.01. The first-order valence-corrected chi connectivity index (χ1v) is 5.75. The molecule has 0 aliphatic carbocycles. The summed E-state index contributed by atoms with van der Waals surface area (Å²) in [7, 11) is 0. The zero-order chi connectivity index (χ0) is 13.9. The molecule has 7 heteroatoms. The summed E-state index contributed by atoms with van der Waals surface area (Å²) in [6.45, 7) is 3.34. The van der Waals surface area contributed by atoms with Crippen molar-refractivity contribution in [3.05, 3.63) is 22.8 Å². The van der Waals surface area contributed by atoms with Crippen LogP contribution in [0.25, 0.3) is 0 Å². The molecule has 1 aromatic heterocycles. The molecule has 0 aliphatic rings. The van der Waals surface area contributed by atoms with Gasteiger partial charge in [-0.05, 0) is 32.4 Å². The van der Waals surface area contributed by atoms with Crippen LogP contribution in [0, 0.1) is 0 Å². The highest BCUT2D eigenvalue weighted by molar-refractivity contribution is 6.29. The van der Waals surface area contributed by atoms with E-state index >= 15 is 0 Å². The fourth-order valence-corrected chi connectivity index (χ4v) is 1.77. The molecule has 0 amide bonds. The number of nitrogens with zero attached hydrogens (tertiary/aromatic N) is 1. The minimum absolute atomic E-state index is 0.0444. The number of pyridine rings is 1. The molecule has 2 unspecified atom stereocenters. The van der Waals surface area contributed by atoms with Crippen LogP contribution in [0.4, 0.5) is 19.0 Å². The lowest BCUT2D eigenvalue weighted by Crippen LogP contribution is -2.21. The third-order valence-corrected chi connectivity index (χ3v) is 2.40. The molecule has 0 radical (unpaired) electrons. The molecule has 3 nitrogen and oxygen atoms in total. The van der Waals surface area contributed by atoms with Gasteiger partial charge in [0.1, 0.15) is 11.0 Å². The Morgan fingerprint density at radius 3 is 2.50 bits per heavy atom. The van der Waals surface area contributed by atoms with Crippen molar-refractivity contribution in [3.8, 4) is 0 Å². The van der Waals surface area contributed by atoms with E-state index in [1.807, 2.05) is 0 Å². The van der Waals surface area contributed by atoms with E-state index in [2.05, 4.69) is 10.3 Å². The van der Waals surface area contributed by atoms with E-state index in [0.29, 0.717) is 6.42 Å². The first-order chi connectivity index (χ1) is 8.18. The maximum atomic E-state index is 12.5. The second-order valence-corrected chi connectivity index (χ2v) is 4.58. The van der Waals surface area contributed by atoms with Gasteiger partial charge in [-0.15, -0.1) is 0 Å². The number of alkyl halides is 3. The molecule has 102 valence electrons. The Balaban J connectivity index is 2.87. The molecule has 0 spiro atoms. The summed E-state index contributed by atoms with van der Waals surface area (Å²) >= 11 is 5.54. The summed E-state index contributed by atoms with van der Waals surface area (Å²) in [5.41, 5.74) is -0.853. The van der Waals surface area contributed by atoms with Crippen molar-refractivity contribution in [2.75, 3.05) is 5.32 Å². The minimum atomic E-state index is -4.46. The topological polar surface area (TPSA) is 45.1 Å². The first kappa shape index (κ1) is 15.0. The van der Waals surface area contributed by atoms with E-state index in [1.165, 1.54) is 0 Å². The van der Waals surface area contributed by atoms with Crippen molar-refractivity contribution in [2.24, 2.45) is 0 Å². The predicted octanol–water partition coefficient (Wildman–Crippen LogP) is 3.33. The molecule has 1 aromatic rings. The Morgan fingerprint density at radius 1 is 1.39 bits per heavy atom. The van der Waals surface area contributed by atoms with Crippen molar-refractivity contribution in [1.29, 1.82) is 0 Å². The van der Waals surface area contributed by atoms with Crippen LogP contribution < -0.4 is 5.32 Å². The van der Waals surface area contributed by atoms with E-state index in [4.69, 9.17) is 11.6 Å². The first-order valence-electron chi connectivity index (χ1n) is 5.38. The lowest BCUT2D eigenvalue weighted by molar-refractivity contribution is -0.137. The molecule has 2 atom stereocenters. The third-order valence-electron chi connectivity index (χ3n) is 2.21. The fraction of sp³-hybridized carbons (Fsp3) is 0.545. The van der Waals surface area contributed by atoms with Gasteiger partial charge >= 0.3 is 6.18 Å². The fourth-order valence-electron chi connectivity index (χ4n) is 1.56. The van der Waals surface area contributed by atoms with E-state index in [9.17, 15) is 18.3 Å². The molecule has 0 fully saturated rings. The zero-order valence-electron chi connectivity index (χ0n) is 9.92. The molecule has 0 aromatic carbocycles. The van der Waals surface area contributed by atoms with Crippen molar-refractivity contribution < 1.29 is 18.3 Å². The predicted molar refractivity (Wildman–Crippen MR) is 63.6 cm³/mol. The van der Waals surface area contributed by atoms with Gasteiger partial charge in [0.2, 0.25) is 0 Å². The van der Waals surface area contributed by atoms with Crippen molar-refractivity contribution >= 4 is 17.4 Å². The molecule has 2 N–H and O–H groups in total. The Kier molecular flexibility index (Phi) is 4.81. The van der Waals surface area contributed by atoms with E-state index in [-0.39, 0.29) is 17.0 Å². The zero-order valence-corrected chi connectivity index (χ0v) is 10.7. The number of aromatic nitrogens is 1. The molecule has 18 heavy (non-hydrogen) atoms. The molecule has 0 saturated heterocycles. The lowest BCUT2D eigenvalue weighted by Gasteiger charge is -2.17. The van der Waals surface area contributed by atoms with Crippen LogP contribution >= 0.6 is 11.6 Å². The molecule has 0 bridgehead atoms. The van der Waals surface area contributed by atoms with Crippen LogP contribution in [0.1, 0.15) is 25.8 Å². The van der Waals surface area contributed by atoms with Gasteiger partial charge < -0.3 is 10.4 Å². The number of rotatable bonds is 4. The number of hydrogen-bond acceptors (Lipinski definition) is 3. The SMILES string of the molecule is CC(O)CC(C)Nc1cc(C(F)(F)F)cc(Cl)n1. The normalized spacial score (nSPS) is 15.3. The van der Waals surface area contributed by atoms with Gasteiger partial charge in [-0.1, -0.05) is 11.6 Å². The summed E-state index contributed by atoms with van der Waals surface area (Å²) in [6, 6.07) is 1.45. The molecular formula is C11H14ClF3N2O. The highest BCUT2D eigenvalue weighted by atomic mass is 35.5. The van der Waals surface area contributed by atoms with Gasteiger partial charge in [-0.25, -0.2) is 4.98 Å². The number of aliphatic hydroxyl groups is 1. The number of halogens is 4. The Labute approximate surface area is 108 Å². The van der Waals surface area contributed by atoms with Crippen molar-refractivity contribution in [3.63, 3.8) is 0 Å². The largest absolute Gasteiger partial charge is 0.416 e. The van der Waals surface area contributed by atoms with Gasteiger partial charge in [-0.2, -0.15) is 13.2 Å². The lowest BCUT2D eigenvalue weighted by atomic mass is 10.1. The smallest absolute Gasteiger partial charge is 0.393 e. The number of nitrogens with one attached hydrogen (secondary N) is 1. The van der Waals surface area contributed by atoms with Crippen molar-refractivity contribution in [2.45, 2.75) is 38.6 Å². The summed E-state index contributed by atoms with van der Waals surface area (Å²) in [5.74, 6) is 0.0444. The second-order valence-electron chi connectivity index (χ2n) is 4.19. The number of anilines is 1. The van der Waals surface area contributed by atoms with Gasteiger partial charge in [0.15, 0.2) is 0 Å². The van der Waals surface area contributed by atoms with Gasteiger partial charge in [0.25, 0.3) is 0 Å². The number of aliphatic hydroxyl groups excluding tert-OH is 1. The monoisotopic (exact) mass is 282 g/mol. The standard InChI is InChI=1S/C11H14ClF3N2O/c1-6(3-7(2)18)16-10-5-8(11(13,14)15)4-9(12)17-10/h4-7,18H,3H2,1-2H3,(H,16,17). The van der Waals surface area contributed by atoms with Crippen LogP contribution in [0.5, 0.6) is 0 Å². The van der Waals surface area contributed by atoms with E-state index in [1.54, 1.807) is 13.8 Å². The highest BCUT2D eigenvalue weighted by Crippen LogP contribution is 2.32. The van der Waals surface area contributed by atoms with Gasteiger partial charge in [-0.3, -0.25) is 0 Å². The average molecular weight is 283 g/mol. The molecule has 1 rings (SSSR count). The molecule has 0 saturated carbocycles. The van der Waals surface area contributed by atoms with Crippen LogP contribution in [0.3, 0.4) is 0 Å².